The molecule has 4 rings (SSSR count). The summed E-state index contributed by atoms with van der Waals surface area (Å²) in [5.41, 5.74) is 0.802. The summed E-state index contributed by atoms with van der Waals surface area (Å²) in [6.07, 6.45) is -1.35. The van der Waals surface area contributed by atoms with E-state index in [1.54, 1.807) is 12.1 Å². The molecule has 3 fully saturated rings. The Labute approximate surface area is 146 Å². The number of hydrogen-bond acceptors (Lipinski definition) is 5. The molecule has 8 heteroatoms. The maximum absolute atomic E-state index is 12.4. The Bertz CT molecular complexity index is 666. The molecule has 2 aliphatic heterocycles. The summed E-state index contributed by atoms with van der Waals surface area (Å²) in [7, 11) is 0. The van der Waals surface area contributed by atoms with Crippen molar-refractivity contribution in [2.24, 2.45) is 5.92 Å². The predicted molar refractivity (Wildman–Crippen MR) is 85.4 cm³/mol. The van der Waals surface area contributed by atoms with Crippen molar-refractivity contribution in [3.8, 4) is 0 Å². The molecule has 24 heavy (non-hydrogen) atoms. The average Bonchev–Trinajstić information content (AvgIpc) is 3.05. The molecule has 0 spiro atoms. The maximum atomic E-state index is 12.4. The number of aliphatic carboxylic acids is 1. The number of amides is 1. The molecule has 0 radical (unpaired) electrons. The number of fused-ring (bicyclic) bond motifs is 1. The van der Waals surface area contributed by atoms with Crippen molar-refractivity contribution in [1.82, 2.24) is 4.90 Å². The number of esters is 1. The summed E-state index contributed by atoms with van der Waals surface area (Å²) in [6.45, 7) is 1.31. The summed E-state index contributed by atoms with van der Waals surface area (Å²) < 4.78 is 10.4. The van der Waals surface area contributed by atoms with Crippen LogP contribution >= 0.6 is 15.9 Å². The number of carbonyl (C=O) groups excluding carboxylic acids is 2. The molecule has 1 N–H and O–H groups in total. The first-order chi connectivity index (χ1) is 11.4. The Morgan fingerprint density at radius 1 is 1.25 bits per heavy atom. The fourth-order valence-electron chi connectivity index (χ4n) is 3.36. The van der Waals surface area contributed by atoms with Gasteiger partial charge >= 0.3 is 18.0 Å². The summed E-state index contributed by atoms with van der Waals surface area (Å²) in [4.78, 5) is 36.2. The van der Waals surface area contributed by atoms with Gasteiger partial charge in [-0.2, -0.15) is 0 Å². The number of carboxylic acids is 1. The van der Waals surface area contributed by atoms with Gasteiger partial charge in [-0.1, -0.05) is 46.3 Å². The number of rotatable bonds is 4. The fourth-order valence-corrected chi connectivity index (χ4v) is 4.51. The first-order valence-corrected chi connectivity index (χ1v) is 8.36. The Hall–Kier alpha value is -2.09. The lowest BCUT2D eigenvalue weighted by Gasteiger charge is -2.39. The maximum Gasteiger partial charge on any atom is 0.411 e. The normalized spacial score (nSPS) is 30.4. The van der Waals surface area contributed by atoms with Crippen LogP contribution in [0, 0.1) is 5.92 Å². The molecule has 128 valence electrons. The first-order valence-electron chi connectivity index (χ1n) is 7.45. The molecule has 5 atom stereocenters. The third kappa shape index (κ3) is 2.75. The zero-order valence-electron chi connectivity index (χ0n) is 12.8. The zero-order chi connectivity index (χ0) is 17.4. The molecule has 2 saturated heterocycles. The van der Waals surface area contributed by atoms with Gasteiger partial charge in [0, 0.05) is 17.7 Å². The van der Waals surface area contributed by atoms with E-state index in [0.29, 0.717) is 0 Å². The lowest BCUT2D eigenvalue weighted by Crippen LogP contribution is -2.56. The topological polar surface area (TPSA) is 93.1 Å². The molecule has 3 aliphatic rings. The van der Waals surface area contributed by atoms with Gasteiger partial charge in [-0.25, -0.2) is 9.59 Å². The molecule has 2 heterocycles. The number of ether oxygens (including phenoxy) is 2. The van der Waals surface area contributed by atoms with Gasteiger partial charge < -0.3 is 14.6 Å². The van der Waals surface area contributed by atoms with E-state index in [4.69, 9.17) is 9.47 Å². The smallest absolute Gasteiger partial charge is 0.411 e. The number of halogens is 1. The van der Waals surface area contributed by atoms with Crippen molar-refractivity contribution in [2.75, 3.05) is 0 Å². The molecular weight excluding hydrogens is 382 g/mol. The van der Waals surface area contributed by atoms with Crippen molar-refractivity contribution in [2.45, 2.75) is 36.5 Å². The van der Waals surface area contributed by atoms with E-state index in [1.807, 2.05) is 18.2 Å². The standard InChI is InChI=1S/C16H16BrNO6/c1-8(19)24-14-10-11(17)13(14)18(12(10)15(20)21)16(22)23-7-9-5-3-2-4-6-9/h2-6,10-14H,7H2,1H3,(H,20,21)/t10-,11+,12-,13-,14-/m1/s1. The number of alkyl halides is 1. The highest BCUT2D eigenvalue weighted by molar-refractivity contribution is 9.09. The highest BCUT2D eigenvalue weighted by atomic mass is 79.9. The molecule has 1 aliphatic carbocycles. The van der Waals surface area contributed by atoms with Crippen LogP contribution in [0.1, 0.15) is 12.5 Å². The average molecular weight is 398 g/mol. The van der Waals surface area contributed by atoms with E-state index < -0.39 is 42.1 Å². The van der Waals surface area contributed by atoms with Gasteiger partial charge in [0.25, 0.3) is 0 Å². The van der Waals surface area contributed by atoms with Crippen LogP contribution in [-0.2, 0) is 25.7 Å². The number of benzene rings is 1. The Kier molecular flexibility index (Phi) is 4.49. The van der Waals surface area contributed by atoms with Crippen LogP contribution in [0.2, 0.25) is 0 Å². The van der Waals surface area contributed by atoms with Crippen LogP contribution in [0.25, 0.3) is 0 Å². The zero-order valence-corrected chi connectivity index (χ0v) is 14.4. The minimum atomic E-state index is -1.14. The lowest BCUT2D eigenvalue weighted by atomic mass is 9.79. The van der Waals surface area contributed by atoms with Gasteiger partial charge in [0.1, 0.15) is 18.8 Å². The highest BCUT2D eigenvalue weighted by Crippen LogP contribution is 2.52. The molecule has 0 unspecified atom stereocenters. The molecular formula is C16H16BrNO6. The van der Waals surface area contributed by atoms with Gasteiger partial charge in [0.2, 0.25) is 0 Å². The van der Waals surface area contributed by atoms with Gasteiger partial charge in [0.15, 0.2) is 0 Å². The molecule has 2 bridgehead atoms. The van der Waals surface area contributed by atoms with Gasteiger partial charge in [0.05, 0.1) is 6.04 Å². The number of carboxylic acid groups (broad SMARTS) is 1. The van der Waals surface area contributed by atoms with E-state index in [9.17, 15) is 19.5 Å². The Morgan fingerprint density at radius 3 is 2.50 bits per heavy atom. The summed E-state index contributed by atoms with van der Waals surface area (Å²) in [5, 5.41) is 9.47. The second-order valence-corrected chi connectivity index (χ2v) is 6.87. The van der Waals surface area contributed by atoms with Crippen LogP contribution < -0.4 is 0 Å². The van der Waals surface area contributed by atoms with Crippen LogP contribution in [0.4, 0.5) is 4.79 Å². The molecule has 1 amide bonds. The van der Waals surface area contributed by atoms with E-state index in [2.05, 4.69) is 15.9 Å². The minimum Gasteiger partial charge on any atom is -0.480 e. The summed E-state index contributed by atoms with van der Waals surface area (Å²) >= 11 is 3.39. The number of carbonyl (C=O) groups is 3. The van der Waals surface area contributed by atoms with E-state index in [0.717, 1.165) is 5.56 Å². The van der Waals surface area contributed by atoms with Crippen molar-refractivity contribution >= 4 is 34.0 Å². The van der Waals surface area contributed by atoms with Gasteiger partial charge in [-0.15, -0.1) is 0 Å². The molecule has 0 aromatic heterocycles. The minimum absolute atomic E-state index is 0.0467. The quantitative estimate of drug-likeness (QED) is 0.614. The summed E-state index contributed by atoms with van der Waals surface area (Å²) in [6, 6.07) is 7.49. The highest BCUT2D eigenvalue weighted by Gasteiger charge is 2.70. The van der Waals surface area contributed by atoms with Crippen molar-refractivity contribution < 1.29 is 29.0 Å². The van der Waals surface area contributed by atoms with E-state index in [1.165, 1.54) is 11.8 Å². The van der Waals surface area contributed by atoms with Crippen molar-refractivity contribution in [3.63, 3.8) is 0 Å². The molecule has 7 nitrogen and oxygen atoms in total. The van der Waals surface area contributed by atoms with Crippen LogP contribution in [0.15, 0.2) is 30.3 Å². The lowest BCUT2D eigenvalue weighted by molar-refractivity contribution is -0.155. The van der Waals surface area contributed by atoms with Crippen LogP contribution in [0.5, 0.6) is 0 Å². The second-order valence-electron chi connectivity index (χ2n) is 5.82. The van der Waals surface area contributed by atoms with Crippen LogP contribution in [0.3, 0.4) is 0 Å². The third-order valence-electron chi connectivity index (χ3n) is 4.37. The molecule has 1 saturated carbocycles. The van der Waals surface area contributed by atoms with Crippen molar-refractivity contribution in [3.05, 3.63) is 35.9 Å². The largest absolute Gasteiger partial charge is 0.480 e. The Morgan fingerprint density at radius 2 is 1.92 bits per heavy atom. The van der Waals surface area contributed by atoms with E-state index in [-0.39, 0.29) is 11.4 Å². The monoisotopic (exact) mass is 397 g/mol. The number of hydrogen-bond donors (Lipinski definition) is 1. The van der Waals surface area contributed by atoms with Crippen molar-refractivity contribution in [1.29, 1.82) is 0 Å². The second kappa shape index (κ2) is 6.43. The van der Waals surface area contributed by atoms with E-state index >= 15 is 0 Å². The summed E-state index contributed by atoms with van der Waals surface area (Å²) in [5.74, 6) is -2.13. The first kappa shape index (κ1) is 16.8. The van der Waals surface area contributed by atoms with Gasteiger partial charge in [-0.3, -0.25) is 9.69 Å². The van der Waals surface area contributed by atoms with Crippen LogP contribution in [-0.4, -0.2) is 51.1 Å². The fraction of sp³-hybridized carbons (Fsp3) is 0.438. The third-order valence-corrected chi connectivity index (χ3v) is 5.52. The van der Waals surface area contributed by atoms with Gasteiger partial charge in [-0.05, 0) is 5.56 Å². The molecule has 1 aromatic carbocycles. The number of nitrogens with zero attached hydrogens (tertiary/aromatic N) is 1. The Balaban J connectivity index is 1.74. The SMILES string of the molecule is CC(=O)O[C@@H]1[C@@H]2[C@H](Br)[C@H]1N(C(=O)OCc1ccccc1)[C@H]2C(=O)O. The molecule has 1 aromatic rings. The predicted octanol–water partition coefficient (Wildman–Crippen LogP) is 1.79.